The molecule has 0 saturated carbocycles. The molecule has 0 saturated heterocycles. The van der Waals surface area contributed by atoms with Gasteiger partial charge in [-0.25, -0.2) is 9.59 Å². The number of halogens is 2. The summed E-state index contributed by atoms with van der Waals surface area (Å²) in [7, 11) is 1.22. The van der Waals surface area contributed by atoms with E-state index < -0.39 is 24.5 Å². The normalized spacial score (nSPS) is 15.3. The fourth-order valence-electron chi connectivity index (χ4n) is 3.39. The number of nitrogens with zero attached hydrogens (tertiary/aromatic N) is 1. The maximum absolute atomic E-state index is 13.1. The van der Waals surface area contributed by atoms with E-state index in [0.717, 1.165) is 0 Å². The lowest BCUT2D eigenvalue weighted by molar-refractivity contribution is -0.143. The fraction of sp³-hybridized carbons (Fsp3) is 0.208. The van der Waals surface area contributed by atoms with Crippen molar-refractivity contribution in [1.82, 2.24) is 0 Å². The van der Waals surface area contributed by atoms with Gasteiger partial charge in [-0.05, 0) is 24.6 Å². The predicted molar refractivity (Wildman–Crippen MR) is 125 cm³/mol. The van der Waals surface area contributed by atoms with Gasteiger partial charge in [0.1, 0.15) is 17.4 Å². The summed E-state index contributed by atoms with van der Waals surface area (Å²) < 4.78 is 20.9. The fourth-order valence-corrected chi connectivity index (χ4v) is 4.00. The van der Waals surface area contributed by atoms with Crippen molar-refractivity contribution in [2.75, 3.05) is 20.3 Å². The Kier molecular flexibility index (Phi) is 8.05. The van der Waals surface area contributed by atoms with E-state index in [1.807, 2.05) is 6.07 Å². The van der Waals surface area contributed by atoms with Gasteiger partial charge in [0.15, 0.2) is 12.4 Å². The molecule has 1 heterocycles. The first-order chi connectivity index (χ1) is 16.3. The van der Waals surface area contributed by atoms with Crippen LogP contribution in [0.1, 0.15) is 24.0 Å². The molecule has 0 radical (unpaired) electrons. The maximum Gasteiger partial charge on any atom is 0.343 e. The largest absolute Gasteiger partial charge is 0.479 e. The molecule has 176 valence electrons. The van der Waals surface area contributed by atoms with Crippen molar-refractivity contribution in [3.8, 4) is 11.8 Å². The van der Waals surface area contributed by atoms with Crippen LogP contribution >= 0.6 is 23.2 Å². The van der Waals surface area contributed by atoms with Crippen molar-refractivity contribution < 1.29 is 28.5 Å². The number of carbonyl (C=O) groups is 2. The SMILES string of the molecule is CCOC(=O)C1=C(c2ccccc2)OC(N)=C(C#N)[C@@H]1c1cc(Cl)c(OCC(=O)OC)c(Cl)c1. The second-order valence-corrected chi connectivity index (χ2v) is 7.75. The molecule has 3 rings (SSSR count). The van der Waals surface area contributed by atoms with Crippen molar-refractivity contribution in [3.63, 3.8) is 0 Å². The number of nitriles is 1. The van der Waals surface area contributed by atoms with Crippen molar-refractivity contribution in [1.29, 1.82) is 5.26 Å². The van der Waals surface area contributed by atoms with Gasteiger partial charge in [0, 0.05) is 5.56 Å². The van der Waals surface area contributed by atoms with E-state index in [4.69, 9.17) is 43.1 Å². The van der Waals surface area contributed by atoms with E-state index in [1.165, 1.54) is 19.2 Å². The molecule has 1 aliphatic heterocycles. The summed E-state index contributed by atoms with van der Waals surface area (Å²) in [5, 5.41) is 9.97. The molecule has 0 bridgehead atoms. The lowest BCUT2D eigenvalue weighted by Gasteiger charge is -2.28. The van der Waals surface area contributed by atoms with Gasteiger partial charge in [-0.3, -0.25) is 0 Å². The Morgan fingerprint density at radius 2 is 1.82 bits per heavy atom. The number of benzene rings is 2. The third-order valence-electron chi connectivity index (χ3n) is 4.87. The highest BCUT2D eigenvalue weighted by Gasteiger charge is 2.38. The van der Waals surface area contributed by atoms with Gasteiger partial charge in [0.05, 0.1) is 35.3 Å². The van der Waals surface area contributed by atoms with Crippen LogP contribution in [0.3, 0.4) is 0 Å². The molecule has 2 aromatic rings. The van der Waals surface area contributed by atoms with Crippen LogP contribution in [0.25, 0.3) is 5.76 Å². The van der Waals surface area contributed by atoms with Gasteiger partial charge >= 0.3 is 11.9 Å². The second-order valence-electron chi connectivity index (χ2n) is 6.93. The van der Waals surface area contributed by atoms with Gasteiger partial charge in [0.2, 0.25) is 5.88 Å². The highest BCUT2D eigenvalue weighted by Crippen LogP contribution is 2.46. The van der Waals surface area contributed by atoms with E-state index >= 15 is 0 Å². The lowest BCUT2D eigenvalue weighted by atomic mass is 9.82. The Balaban J connectivity index is 2.20. The van der Waals surface area contributed by atoms with Gasteiger partial charge in [-0.1, -0.05) is 53.5 Å². The molecule has 1 aliphatic rings. The molecule has 34 heavy (non-hydrogen) atoms. The molecule has 0 aromatic heterocycles. The van der Waals surface area contributed by atoms with Gasteiger partial charge in [-0.15, -0.1) is 0 Å². The number of nitrogens with two attached hydrogens (primary N) is 1. The van der Waals surface area contributed by atoms with E-state index in [2.05, 4.69) is 4.74 Å². The summed E-state index contributed by atoms with van der Waals surface area (Å²) in [6.07, 6.45) is 0. The third kappa shape index (κ3) is 5.11. The summed E-state index contributed by atoms with van der Waals surface area (Å²) in [6, 6.07) is 13.8. The number of methoxy groups -OCH3 is 1. The zero-order chi connectivity index (χ0) is 24.8. The molecule has 0 amide bonds. The molecule has 0 aliphatic carbocycles. The number of rotatable bonds is 7. The molecule has 8 nitrogen and oxygen atoms in total. The number of carbonyl (C=O) groups excluding carboxylic acids is 2. The molecule has 0 spiro atoms. The van der Waals surface area contributed by atoms with Crippen LogP contribution in [0.15, 0.2) is 59.5 Å². The maximum atomic E-state index is 13.1. The van der Waals surface area contributed by atoms with E-state index in [-0.39, 0.29) is 45.2 Å². The molecule has 0 unspecified atom stereocenters. The van der Waals surface area contributed by atoms with Gasteiger partial charge in [0.25, 0.3) is 0 Å². The number of allylic oxidation sites excluding steroid dienone is 1. The van der Waals surface area contributed by atoms with Crippen LogP contribution in [0, 0.1) is 11.3 Å². The molecule has 0 fully saturated rings. The Morgan fingerprint density at radius 1 is 1.18 bits per heavy atom. The highest BCUT2D eigenvalue weighted by molar-refractivity contribution is 6.37. The summed E-state index contributed by atoms with van der Waals surface area (Å²) in [5.41, 5.74) is 7.07. The Hall–Kier alpha value is -3.67. The van der Waals surface area contributed by atoms with Crippen molar-refractivity contribution in [3.05, 3.63) is 80.7 Å². The summed E-state index contributed by atoms with van der Waals surface area (Å²) in [5.74, 6) is -2.27. The summed E-state index contributed by atoms with van der Waals surface area (Å²) in [6.45, 7) is 1.35. The van der Waals surface area contributed by atoms with E-state index in [0.29, 0.717) is 11.1 Å². The van der Waals surface area contributed by atoms with E-state index in [1.54, 1.807) is 37.3 Å². The Labute approximate surface area is 206 Å². The van der Waals surface area contributed by atoms with E-state index in [9.17, 15) is 14.9 Å². The minimum Gasteiger partial charge on any atom is -0.479 e. The van der Waals surface area contributed by atoms with Crippen LogP contribution in [0.2, 0.25) is 10.0 Å². The monoisotopic (exact) mass is 502 g/mol. The molecular weight excluding hydrogens is 483 g/mol. The zero-order valence-electron chi connectivity index (χ0n) is 18.3. The Bertz CT molecular complexity index is 1190. The van der Waals surface area contributed by atoms with Crippen LogP contribution in [0.4, 0.5) is 0 Å². The van der Waals surface area contributed by atoms with Crippen LogP contribution in [-0.4, -0.2) is 32.3 Å². The van der Waals surface area contributed by atoms with Crippen molar-refractivity contribution in [2.24, 2.45) is 5.73 Å². The average molecular weight is 503 g/mol. The summed E-state index contributed by atoms with van der Waals surface area (Å²) >= 11 is 12.8. The molecule has 1 atom stereocenters. The number of hydrogen-bond donors (Lipinski definition) is 1. The highest BCUT2D eigenvalue weighted by atomic mass is 35.5. The number of hydrogen-bond acceptors (Lipinski definition) is 8. The van der Waals surface area contributed by atoms with Crippen LogP contribution < -0.4 is 10.5 Å². The first-order valence-corrected chi connectivity index (χ1v) is 10.8. The lowest BCUT2D eigenvalue weighted by Crippen LogP contribution is -2.26. The minimum atomic E-state index is -0.988. The van der Waals surface area contributed by atoms with Crippen molar-refractivity contribution >= 4 is 40.9 Å². The first-order valence-electron chi connectivity index (χ1n) is 10.0. The first kappa shape index (κ1) is 25.0. The van der Waals surface area contributed by atoms with Crippen LogP contribution in [-0.2, 0) is 23.8 Å². The van der Waals surface area contributed by atoms with Crippen LogP contribution in [0.5, 0.6) is 5.75 Å². The topological polar surface area (TPSA) is 121 Å². The smallest absolute Gasteiger partial charge is 0.343 e. The number of esters is 2. The molecule has 2 aromatic carbocycles. The predicted octanol–water partition coefficient (Wildman–Crippen LogP) is 4.33. The molecule has 10 heteroatoms. The second kappa shape index (κ2) is 11.0. The minimum absolute atomic E-state index is 0.0157. The molecular formula is C24H20Cl2N2O6. The van der Waals surface area contributed by atoms with Gasteiger partial charge in [-0.2, -0.15) is 5.26 Å². The quantitative estimate of drug-likeness (QED) is 0.555. The molecule has 2 N–H and O–H groups in total. The summed E-state index contributed by atoms with van der Waals surface area (Å²) in [4.78, 5) is 24.5. The Morgan fingerprint density at radius 3 is 2.38 bits per heavy atom. The van der Waals surface area contributed by atoms with Gasteiger partial charge < -0.3 is 24.7 Å². The van der Waals surface area contributed by atoms with Crippen molar-refractivity contribution in [2.45, 2.75) is 12.8 Å². The average Bonchev–Trinajstić information content (AvgIpc) is 2.83. The zero-order valence-corrected chi connectivity index (χ0v) is 19.8. The third-order valence-corrected chi connectivity index (χ3v) is 5.43. The number of ether oxygens (including phenoxy) is 4. The standard InChI is InChI=1S/C24H20Cl2N2O6/c1-3-32-24(30)20-19(14-9-16(25)22(17(26)10-14)33-12-18(29)31-2)15(11-27)23(28)34-21(20)13-7-5-4-6-8-13/h4-10,19H,3,12,28H2,1-2H3/t19-/m0/s1.